The summed E-state index contributed by atoms with van der Waals surface area (Å²) in [5, 5.41) is 3.00. The molecule has 8 nitrogen and oxygen atoms in total. The molecule has 8 heteroatoms. The van der Waals surface area contributed by atoms with E-state index >= 15 is 0 Å². The number of nitrogen functional groups attached to an aromatic ring is 1. The molecule has 0 spiro atoms. The third-order valence-electron chi connectivity index (χ3n) is 5.11. The van der Waals surface area contributed by atoms with E-state index in [-0.39, 0.29) is 23.9 Å². The van der Waals surface area contributed by atoms with Crippen molar-refractivity contribution in [3.8, 4) is 6.01 Å². The first-order valence-electron chi connectivity index (χ1n) is 9.77. The Morgan fingerprint density at radius 2 is 1.72 bits per heavy atom. The fourth-order valence-corrected chi connectivity index (χ4v) is 3.27. The average molecular weight is 397 g/mol. The summed E-state index contributed by atoms with van der Waals surface area (Å²) in [6.45, 7) is 6.41. The number of aromatic nitrogens is 2. The summed E-state index contributed by atoms with van der Waals surface area (Å²) in [6.07, 6.45) is 0.669. The number of anilines is 1. The van der Waals surface area contributed by atoms with Crippen molar-refractivity contribution < 1.29 is 14.3 Å². The number of aryl methyl sites for hydroxylation is 2. The van der Waals surface area contributed by atoms with Gasteiger partial charge in [-0.05, 0) is 45.7 Å². The van der Waals surface area contributed by atoms with Gasteiger partial charge in [0.25, 0.3) is 11.8 Å². The maximum Gasteiger partial charge on any atom is 0.317 e. The summed E-state index contributed by atoms with van der Waals surface area (Å²) in [5.74, 6) is -0.202. The molecule has 1 atom stereocenters. The smallest absolute Gasteiger partial charge is 0.317 e. The molecule has 1 unspecified atom stereocenters. The standard InChI is InChI=1S/C21H27N5O3/c1-13-18(22)14(2)24-21(23-13)29-15(3)19(27)25-17-9-11-26(12-10-17)20(28)16-7-5-4-6-8-16/h4-8,15,17H,9-12,22H2,1-3H3,(H,25,27). The van der Waals surface area contributed by atoms with Crippen molar-refractivity contribution in [1.29, 1.82) is 0 Å². The van der Waals surface area contributed by atoms with Crippen LogP contribution in [0.3, 0.4) is 0 Å². The van der Waals surface area contributed by atoms with Crippen LogP contribution in [0.5, 0.6) is 6.01 Å². The van der Waals surface area contributed by atoms with Crippen molar-refractivity contribution in [3.63, 3.8) is 0 Å². The van der Waals surface area contributed by atoms with Crippen LogP contribution in [0.2, 0.25) is 0 Å². The predicted molar refractivity (Wildman–Crippen MR) is 110 cm³/mol. The van der Waals surface area contributed by atoms with Crippen LogP contribution >= 0.6 is 0 Å². The first-order valence-corrected chi connectivity index (χ1v) is 9.77. The third kappa shape index (κ3) is 5.01. The van der Waals surface area contributed by atoms with Crippen molar-refractivity contribution in [2.75, 3.05) is 18.8 Å². The van der Waals surface area contributed by atoms with Gasteiger partial charge in [-0.25, -0.2) is 0 Å². The minimum atomic E-state index is -0.735. The average Bonchev–Trinajstić information content (AvgIpc) is 2.72. The molecule has 2 amide bonds. The van der Waals surface area contributed by atoms with Gasteiger partial charge < -0.3 is 20.7 Å². The summed E-state index contributed by atoms with van der Waals surface area (Å²) in [5.41, 5.74) is 8.29. The second-order valence-corrected chi connectivity index (χ2v) is 7.29. The molecular formula is C21H27N5O3. The number of piperidine rings is 1. The summed E-state index contributed by atoms with van der Waals surface area (Å²) in [7, 11) is 0. The molecule has 3 rings (SSSR count). The van der Waals surface area contributed by atoms with E-state index in [0.717, 1.165) is 0 Å². The lowest BCUT2D eigenvalue weighted by Gasteiger charge is -2.33. The number of carbonyl (C=O) groups is 2. The largest absolute Gasteiger partial charge is 0.450 e. The SMILES string of the molecule is Cc1nc(OC(C)C(=O)NC2CCN(C(=O)c3ccccc3)CC2)nc(C)c1N. The topological polar surface area (TPSA) is 110 Å². The zero-order valence-corrected chi connectivity index (χ0v) is 17.0. The molecule has 2 aromatic rings. The van der Waals surface area contributed by atoms with Crippen molar-refractivity contribution in [2.24, 2.45) is 0 Å². The van der Waals surface area contributed by atoms with Gasteiger partial charge in [-0.3, -0.25) is 9.59 Å². The van der Waals surface area contributed by atoms with E-state index in [1.165, 1.54) is 0 Å². The van der Waals surface area contributed by atoms with Gasteiger partial charge in [0.15, 0.2) is 6.10 Å². The Hall–Kier alpha value is -3.16. The maximum absolute atomic E-state index is 12.5. The molecular weight excluding hydrogens is 370 g/mol. The Morgan fingerprint density at radius 1 is 1.14 bits per heavy atom. The van der Waals surface area contributed by atoms with Crippen LogP contribution in [0.1, 0.15) is 41.5 Å². The zero-order chi connectivity index (χ0) is 21.0. The number of hydrogen-bond donors (Lipinski definition) is 2. The van der Waals surface area contributed by atoms with E-state index in [2.05, 4.69) is 15.3 Å². The number of amides is 2. The van der Waals surface area contributed by atoms with Crippen molar-refractivity contribution in [2.45, 2.75) is 45.8 Å². The summed E-state index contributed by atoms with van der Waals surface area (Å²) < 4.78 is 5.60. The summed E-state index contributed by atoms with van der Waals surface area (Å²) in [4.78, 5) is 35.2. The van der Waals surface area contributed by atoms with E-state index in [0.29, 0.717) is 48.6 Å². The first kappa shape index (κ1) is 20.6. The molecule has 1 saturated heterocycles. The number of nitrogens with zero attached hydrogens (tertiary/aromatic N) is 3. The predicted octanol–water partition coefficient (Wildman–Crippen LogP) is 1.86. The van der Waals surface area contributed by atoms with Crippen molar-refractivity contribution in [1.82, 2.24) is 20.2 Å². The minimum absolute atomic E-state index is 0.00387. The van der Waals surface area contributed by atoms with Gasteiger partial charge in [-0.2, -0.15) is 9.97 Å². The lowest BCUT2D eigenvalue weighted by molar-refractivity contribution is -0.128. The van der Waals surface area contributed by atoms with Gasteiger partial charge in [0, 0.05) is 24.7 Å². The second kappa shape index (κ2) is 8.89. The number of rotatable bonds is 5. The number of nitrogens with two attached hydrogens (primary N) is 1. The summed E-state index contributed by atoms with van der Waals surface area (Å²) >= 11 is 0. The molecule has 0 bridgehead atoms. The first-order chi connectivity index (χ1) is 13.8. The second-order valence-electron chi connectivity index (χ2n) is 7.29. The lowest BCUT2D eigenvalue weighted by Crippen LogP contribution is -2.49. The fraction of sp³-hybridized carbons (Fsp3) is 0.429. The molecule has 3 N–H and O–H groups in total. The van der Waals surface area contributed by atoms with E-state index < -0.39 is 6.10 Å². The minimum Gasteiger partial charge on any atom is -0.450 e. The quantitative estimate of drug-likeness (QED) is 0.797. The zero-order valence-electron chi connectivity index (χ0n) is 17.0. The third-order valence-corrected chi connectivity index (χ3v) is 5.11. The molecule has 1 aliphatic heterocycles. The monoisotopic (exact) mass is 397 g/mol. The van der Waals surface area contributed by atoms with Crippen molar-refractivity contribution in [3.05, 3.63) is 47.3 Å². The van der Waals surface area contributed by atoms with E-state index in [4.69, 9.17) is 10.5 Å². The van der Waals surface area contributed by atoms with Crippen molar-refractivity contribution >= 4 is 17.5 Å². The van der Waals surface area contributed by atoms with Crippen LogP contribution < -0.4 is 15.8 Å². The molecule has 1 aromatic carbocycles. The van der Waals surface area contributed by atoms with Crippen LogP contribution in [0, 0.1) is 13.8 Å². The van der Waals surface area contributed by atoms with Crippen LogP contribution in [-0.2, 0) is 4.79 Å². The molecule has 1 fully saturated rings. The Kier molecular flexibility index (Phi) is 6.31. The number of ether oxygens (including phenoxy) is 1. The number of nitrogens with one attached hydrogen (secondary N) is 1. The molecule has 0 aliphatic carbocycles. The van der Waals surface area contributed by atoms with Gasteiger partial charge in [0.2, 0.25) is 0 Å². The molecule has 0 saturated carbocycles. The Labute approximate surface area is 170 Å². The number of likely N-dealkylation sites (tertiary alicyclic amines) is 1. The van der Waals surface area contributed by atoms with Gasteiger partial charge in [-0.15, -0.1) is 0 Å². The normalized spacial score (nSPS) is 15.6. The highest BCUT2D eigenvalue weighted by Gasteiger charge is 2.26. The highest BCUT2D eigenvalue weighted by Crippen LogP contribution is 2.17. The summed E-state index contributed by atoms with van der Waals surface area (Å²) in [6, 6.07) is 9.38. The number of benzene rings is 1. The van der Waals surface area contributed by atoms with E-state index in [9.17, 15) is 9.59 Å². The molecule has 154 valence electrons. The van der Waals surface area contributed by atoms with Crippen LogP contribution in [-0.4, -0.2) is 51.9 Å². The Balaban J connectivity index is 1.50. The van der Waals surface area contributed by atoms with E-state index in [1.54, 1.807) is 20.8 Å². The number of carbonyl (C=O) groups excluding carboxylic acids is 2. The van der Waals surface area contributed by atoms with Crippen LogP contribution in [0.25, 0.3) is 0 Å². The van der Waals surface area contributed by atoms with Gasteiger partial charge in [-0.1, -0.05) is 18.2 Å². The molecule has 1 aliphatic rings. The van der Waals surface area contributed by atoms with Gasteiger partial charge in [0.05, 0.1) is 17.1 Å². The molecule has 2 heterocycles. The fourth-order valence-electron chi connectivity index (χ4n) is 3.27. The molecule has 1 aromatic heterocycles. The Morgan fingerprint density at radius 3 is 2.31 bits per heavy atom. The van der Waals surface area contributed by atoms with Crippen LogP contribution in [0.15, 0.2) is 30.3 Å². The lowest BCUT2D eigenvalue weighted by atomic mass is 10.0. The highest BCUT2D eigenvalue weighted by molar-refractivity contribution is 5.94. The van der Waals surface area contributed by atoms with Gasteiger partial charge >= 0.3 is 6.01 Å². The van der Waals surface area contributed by atoms with Crippen LogP contribution in [0.4, 0.5) is 5.69 Å². The number of hydrogen-bond acceptors (Lipinski definition) is 6. The molecule has 0 radical (unpaired) electrons. The Bertz CT molecular complexity index is 856. The van der Waals surface area contributed by atoms with E-state index in [1.807, 2.05) is 35.2 Å². The maximum atomic E-state index is 12.5. The highest BCUT2D eigenvalue weighted by atomic mass is 16.5. The molecule has 29 heavy (non-hydrogen) atoms. The van der Waals surface area contributed by atoms with Gasteiger partial charge in [0.1, 0.15) is 0 Å².